The molecule has 1 saturated heterocycles. The van der Waals surface area contributed by atoms with E-state index < -0.39 is 0 Å². The van der Waals surface area contributed by atoms with Gasteiger partial charge in [-0.15, -0.1) is 0 Å². The van der Waals surface area contributed by atoms with E-state index in [0.717, 1.165) is 6.54 Å². The van der Waals surface area contributed by atoms with Crippen LogP contribution in [0.25, 0.3) is 0 Å². The van der Waals surface area contributed by atoms with E-state index in [-0.39, 0.29) is 12.0 Å². The molecule has 2 heteroatoms. The molecule has 1 heterocycles. The molecule has 2 aromatic carbocycles. The second kappa shape index (κ2) is 5.48. The van der Waals surface area contributed by atoms with Crippen molar-refractivity contribution in [3.63, 3.8) is 0 Å². The zero-order valence-electron chi connectivity index (χ0n) is 11.6. The second-order valence-electron chi connectivity index (χ2n) is 5.40. The van der Waals surface area contributed by atoms with Gasteiger partial charge in [-0.3, -0.25) is 4.90 Å². The molecule has 0 amide bonds. The minimum Gasteiger partial charge on any atom is -0.287 e. The summed E-state index contributed by atoms with van der Waals surface area (Å²) in [4.78, 5) is 2.42. The van der Waals surface area contributed by atoms with Gasteiger partial charge >= 0.3 is 0 Å². The Morgan fingerprint density at radius 3 is 1.90 bits per heavy atom. The highest BCUT2D eigenvalue weighted by molar-refractivity contribution is 5.33. The van der Waals surface area contributed by atoms with Gasteiger partial charge in [0.2, 0.25) is 0 Å². The van der Waals surface area contributed by atoms with Gasteiger partial charge in [-0.2, -0.15) is 5.26 Å². The SMILES string of the molecule is C[C@H]1[C@@H](C#N)CN1C(c1ccccc1)c1ccccc1. The van der Waals surface area contributed by atoms with E-state index in [1.54, 1.807) is 0 Å². The Morgan fingerprint density at radius 2 is 1.50 bits per heavy atom. The number of hydrogen-bond acceptors (Lipinski definition) is 2. The fourth-order valence-electron chi connectivity index (χ4n) is 2.97. The molecule has 100 valence electrons. The zero-order chi connectivity index (χ0) is 13.9. The highest BCUT2D eigenvalue weighted by Gasteiger charge is 2.40. The summed E-state index contributed by atoms with van der Waals surface area (Å²) in [5.41, 5.74) is 2.59. The molecule has 2 aromatic rings. The summed E-state index contributed by atoms with van der Waals surface area (Å²) in [6.07, 6.45) is 0. The van der Waals surface area contributed by atoms with Crippen LogP contribution in [0.1, 0.15) is 24.1 Å². The molecule has 1 aliphatic rings. The van der Waals surface area contributed by atoms with Crippen LogP contribution in [0.2, 0.25) is 0 Å². The van der Waals surface area contributed by atoms with Crippen molar-refractivity contribution >= 4 is 0 Å². The molecule has 0 unspecified atom stereocenters. The van der Waals surface area contributed by atoms with E-state index in [2.05, 4.69) is 66.4 Å². The third-order valence-electron chi connectivity index (χ3n) is 4.24. The fourth-order valence-corrected chi connectivity index (χ4v) is 2.97. The molecule has 0 N–H and O–H groups in total. The number of hydrogen-bond donors (Lipinski definition) is 0. The third-order valence-corrected chi connectivity index (χ3v) is 4.24. The molecule has 0 saturated carbocycles. The number of nitriles is 1. The molecule has 0 bridgehead atoms. The first kappa shape index (κ1) is 12.9. The quantitative estimate of drug-likeness (QED) is 0.844. The largest absolute Gasteiger partial charge is 0.287 e. The van der Waals surface area contributed by atoms with Crippen LogP contribution in [0.3, 0.4) is 0 Å². The van der Waals surface area contributed by atoms with E-state index in [4.69, 9.17) is 5.26 Å². The van der Waals surface area contributed by atoms with Crippen molar-refractivity contribution in [2.75, 3.05) is 6.54 Å². The Kier molecular flexibility index (Phi) is 3.54. The van der Waals surface area contributed by atoms with Crippen LogP contribution in [0, 0.1) is 17.2 Å². The van der Waals surface area contributed by atoms with Crippen LogP contribution < -0.4 is 0 Å². The maximum absolute atomic E-state index is 9.12. The van der Waals surface area contributed by atoms with Gasteiger partial charge in [-0.25, -0.2) is 0 Å². The number of likely N-dealkylation sites (tertiary alicyclic amines) is 1. The van der Waals surface area contributed by atoms with Gasteiger partial charge in [-0.1, -0.05) is 60.7 Å². The average molecular weight is 262 g/mol. The molecular weight excluding hydrogens is 244 g/mol. The first-order valence-corrected chi connectivity index (χ1v) is 7.06. The minimum absolute atomic E-state index is 0.157. The summed E-state index contributed by atoms with van der Waals surface area (Å²) < 4.78 is 0. The normalized spacial score (nSPS) is 22.2. The van der Waals surface area contributed by atoms with Crippen molar-refractivity contribution in [1.29, 1.82) is 5.26 Å². The van der Waals surface area contributed by atoms with Crippen LogP contribution >= 0.6 is 0 Å². The first-order chi connectivity index (χ1) is 9.81. The van der Waals surface area contributed by atoms with Crippen molar-refractivity contribution in [2.24, 2.45) is 5.92 Å². The van der Waals surface area contributed by atoms with Gasteiger partial charge in [0.1, 0.15) is 0 Å². The lowest BCUT2D eigenvalue weighted by atomic mass is 9.85. The first-order valence-electron chi connectivity index (χ1n) is 7.06. The van der Waals surface area contributed by atoms with Gasteiger partial charge in [0, 0.05) is 12.6 Å². The van der Waals surface area contributed by atoms with Crippen LogP contribution in [0.4, 0.5) is 0 Å². The summed E-state index contributed by atoms with van der Waals surface area (Å²) in [7, 11) is 0. The molecule has 0 spiro atoms. The van der Waals surface area contributed by atoms with Gasteiger partial charge in [0.25, 0.3) is 0 Å². The second-order valence-corrected chi connectivity index (χ2v) is 5.40. The minimum atomic E-state index is 0.157. The Morgan fingerprint density at radius 1 is 1.00 bits per heavy atom. The zero-order valence-corrected chi connectivity index (χ0v) is 11.6. The van der Waals surface area contributed by atoms with Gasteiger partial charge in [0.05, 0.1) is 18.0 Å². The van der Waals surface area contributed by atoms with E-state index in [1.807, 2.05) is 12.1 Å². The third kappa shape index (κ3) is 2.21. The molecule has 0 radical (unpaired) electrons. The van der Waals surface area contributed by atoms with Crippen molar-refractivity contribution in [2.45, 2.75) is 19.0 Å². The highest BCUT2D eigenvalue weighted by Crippen LogP contribution is 2.37. The Hall–Kier alpha value is -2.11. The van der Waals surface area contributed by atoms with E-state index in [9.17, 15) is 0 Å². The topological polar surface area (TPSA) is 27.0 Å². The van der Waals surface area contributed by atoms with Gasteiger partial charge < -0.3 is 0 Å². The average Bonchev–Trinajstić information content (AvgIpc) is 2.52. The molecule has 3 rings (SSSR count). The lowest BCUT2D eigenvalue weighted by Crippen LogP contribution is -2.55. The predicted molar refractivity (Wildman–Crippen MR) is 80.0 cm³/mol. The maximum Gasteiger partial charge on any atom is 0.0743 e. The van der Waals surface area contributed by atoms with Crippen LogP contribution in [-0.4, -0.2) is 17.5 Å². The summed E-state index contributed by atoms with van der Waals surface area (Å²) >= 11 is 0. The molecule has 1 fully saturated rings. The number of rotatable bonds is 3. The molecule has 2 atom stereocenters. The highest BCUT2D eigenvalue weighted by atomic mass is 15.2. The Balaban J connectivity index is 1.96. The van der Waals surface area contributed by atoms with Crippen LogP contribution in [0.5, 0.6) is 0 Å². The van der Waals surface area contributed by atoms with Crippen LogP contribution in [0.15, 0.2) is 60.7 Å². The van der Waals surface area contributed by atoms with Crippen molar-refractivity contribution in [3.8, 4) is 6.07 Å². The molecule has 20 heavy (non-hydrogen) atoms. The number of nitrogens with zero attached hydrogens (tertiary/aromatic N) is 2. The van der Waals surface area contributed by atoms with Crippen molar-refractivity contribution in [1.82, 2.24) is 4.90 Å². The fraction of sp³-hybridized carbons (Fsp3) is 0.278. The molecular formula is C18H18N2. The summed E-state index contributed by atoms with van der Waals surface area (Å²) in [6, 6.07) is 24.1. The monoisotopic (exact) mass is 262 g/mol. The lowest BCUT2D eigenvalue weighted by molar-refractivity contribution is 0.0289. The van der Waals surface area contributed by atoms with Crippen LogP contribution in [-0.2, 0) is 0 Å². The Labute approximate surface area is 120 Å². The molecule has 0 aliphatic carbocycles. The van der Waals surface area contributed by atoms with Gasteiger partial charge in [-0.05, 0) is 18.1 Å². The summed E-state index contributed by atoms with van der Waals surface area (Å²) in [5, 5.41) is 9.12. The van der Waals surface area contributed by atoms with E-state index in [0.29, 0.717) is 6.04 Å². The smallest absolute Gasteiger partial charge is 0.0743 e. The molecule has 2 nitrogen and oxygen atoms in total. The lowest BCUT2D eigenvalue weighted by Gasteiger charge is -2.48. The van der Waals surface area contributed by atoms with Crippen molar-refractivity contribution in [3.05, 3.63) is 71.8 Å². The maximum atomic E-state index is 9.12. The van der Waals surface area contributed by atoms with E-state index in [1.165, 1.54) is 11.1 Å². The molecule has 0 aromatic heterocycles. The Bertz CT molecular complexity index is 561. The number of benzene rings is 2. The van der Waals surface area contributed by atoms with Crippen molar-refractivity contribution < 1.29 is 0 Å². The predicted octanol–water partition coefficient (Wildman–Crippen LogP) is 3.62. The summed E-state index contributed by atoms with van der Waals surface area (Å²) in [5.74, 6) is 0.157. The van der Waals surface area contributed by atoms with E-state index >= 15 is 0 Å². The molecule has 1 aliphatic heterocycles. The standard InChI is InChI=1S/C18H18N2/c1-14-17(12-19)13-20(14)18(15-8-4-2-5-9-15)16-10-6-3-7-11-16/h2-11,14,17-18H,13H2,1H3/t14-,17-/m0/s1. The summed E-state index contributed by atoms with van der Waals surface area (Å²) in [6.45, 7) is 3.00. The van der Waals surface area contributed by atoms with Gasteiger partial charge in [0.15, 0.2) is 0 Å².